The molecule has 3 fully saturated rings. The van der Waals surface area contributed by atoms with Gasteiger partial charge in [0.1, 0.15) is 0 Å². The molecule has 3 aliphatic rings. The Morgan fingerprint density at radius 2 is 1.77 bits per heavy atom. The van der Waals surface area contributed by atoms with Crippen molar-refractivity contribution in [3.05, 3.63) is 82.4 Å². The Kier molecular flexibility index (Phi) is 8.23. The molecule has 2 saturated carbocycles. The Labute approximate surface area is 243 Å². The number of rotatable bonds is 11. The lowest BCUT2D eigenvalue weighted by molar-refractivity contribution is -0.157. The van der Waals surface area contributed by atoms with Gasteiger partial charge in [0.15, 0.2) is 0 Å². The predicted molar refractivity (Wildman–Crippen MR) is 158 cm³/mol. The van der Waals surface area contributed by atoms with Gasteiger partial charge < -0.3 is 4.90 Å². The molecule has 0 N–H and O–H groups in total. The number of likely N-dealkylation sites (N-methyl/N-ethyl adjacent to an activating group) is 1. The molecule has 0 aromatic heterocycles. The molecular formula is C31H38Cl2N2O3S. The van der Waals surface area contributed by atoms with Gasteiger partial charge in [-0.15, -0.1) is 6.58 Å². The van der Waals surface area contributed by atoms with Gasteiger partial charge in [-0.1, -0.05) is 60.5 Å². The standard InChI is InChI=1S/C31H38Cl2N2O3S/c1-4-17-31(5-2)19-27(23-7-6-8-25(33)18-23)29(22-11-13-24(32)14-12-22)35(30(31)36)28(21-9-10-21)20-34(3)39(37,38)26-15-16-26/h4,6-8,11-14,18,21,26-29H,1,5,9-10,15-17,19-20H2,2-3H3/t27-,28+,29-,31+/m1/s1. The molecule has 0 spiro atoms. The zero-order valence-corrected chi connectivity index (χ0v) is 25.1. The van der Waals surface area contributed by atoms with Crippen LogP contribution in [0.1, 0.15) is 75.0 Å². The van der Waals surface area contributed by atoms with E-state index in [1.54, 1.807) is 7.05 Å². The first-order chi connectivity index (χ1) is 18.6. The van der Waals surface area contributed by atoms with E-state index in [9.17, 15) is 13.2 Å². The van der Waals surface area contributed by atoms with E-state index in [2.05, 4.69) is 24.5 Å². The molecule has 2 aliphatic carbocycles. The second kappa shape index (κ2) is 11.2. The number of carbonyl (C=O) groups is 1. The van der Waals surface area contributed by atoms with Crippen LogP contribution in [0.2, 0.25) is 10.0 Å². The highest BCUT2D eigenvalue weighted by Crippen LogP contribution is 2.55. The second-order valence-electron chi connectivity index (χ2n) is 11.6. The van der Waals surface area contributed by atoms with Crippen molar-refractivity contribution in [1.82, 2.24) is 9.21 Å². The summed E-state index contributed by atoms with van der Waals surface area (Å²) in [7, 11) is -1.70. The first-order valence-electron chi connectivity index (χ1n) is 14.0. The molecule has 0 bridgehead atoms. The fraction of sp³-hybridized carbons (Fsp3) is 0.516. The monoisotopic (exact) mass is 588 g/mol. The fourth-order valence-electron chi connectivity index (χ4n) is 6.48. The van der Waals surface area contributed by atoms with Crippen LogP contribution >= 0.6 is 23.2 Å². The molecule has 0 unspecified atom stereocenters. The van der Waals surface area contributed by atoms with Crippen molar-refractivity contribution in [3.63, 3.8) is 0 Å². The Morgan fingerprint density at radius 1 is 1.08 bits per heavy atom. The fourth-order valence-corrected chi connectivity index (χ4v) is 8.41. The molecule has 4 atom stereocenters. The minimum Gasteiger partial charge on any atom is -0.330 e. The molecule has 1 amide bonds. The average Bonchev–Trinajstić information content (AvgIpc) is 3.82. The molecule has 5 rings (SSSR count). The zero-order chi connectivity index (χ0) is 27.9. The van der Waals surface area contributed by atoms with Crippen LogP contribution in [0.3, 0.4) is 0 Å². The molecule has 210 valence electrons. The number of hydrogen-bond acceptors (Lipinski definition) is 3. The van der Waals surface area contributed by atoms with Crippen LogP contribution in [0, 0.1) is 11.3 Å². The minimum atomic E-state index is -3.38. The Balaban J connectivity index is 1.66. The highest BCUT2D eigenvalue weighted by atomic mass is 35.5. The minimum absolute atomic E-state index is 0.0333. The van der Waals surface area contributed by atoms with Crippen molar-refractivity contribution in [1.29, 1.82) is 0 Å². The van der Waals surface area contributed by atoms with E-state index in [4.69, 9.17) is 23.2 Å². The number of amides is 1. The van der Waals surface area contributed by atoms with Crippen molar-refractivity contribution in [2.75, 3.05) is 13.6 Å². The Bertz CT molecular complexity index is 1320. The van der Waals surface area contributed by atoms with E-state index in [1.165, 1.54) is 4.31 Å². The number of hydrogen-bond donors (Lipinski definition) is 0. The summed E-state index contributed by atoms with van der Waals surface area (Å²) in [4.78, 5) is 16.8. The molecule has 39 heavy (non-hydrogen) atoms. The number of carbonyl (C=O) groups excluding carboxylic acids is 1. The van der Waals surface area contributed by atoms with Gasteiger partial charge in [0.05, 0.1) is 16.7 Å². The van der Waals surface area contributed by atoms with Crippen molar-refractivity contribution in [3.8, 4) is 0 Å². The highest BCUT2D eigenvalue weighted by molar-refractivity contribution is 7.90. The van der Waals surface area contributed by atoms with Gasteiger partial charge in [-0.3, -0.25) is 4.79 Å². The highest BCUT2D eigenvalue weighted by Gasteiger charge is 2.55. The maximum absolute atomic E-state index is 14.8. The molecule has 1 heterocycles. The molecule has 1 saturated heterocycles. The van der Waals surface area contributed by atoms with Crippen molar-refractivity contribution < 1.29 is 13.2 Å². The summed E-state index contributed by atoms with van der Waals surface area (Å²) in [6.07, 6.45) is 7.16. The number of likely N-dealkylation sites (tertiary alicyclic amines) is 1. The second-order valence-corrected chi connectivity index (χ2v) is 14.8. The topological polar surface area (TPSA) is 57.7 Å². The summed E-state index contributed by atoms with van der Waals surface area (Å²) in [5.74, 6) is 0.323. The third-order valence-corrected chi connectivity index (χ3v) is 11.8. The molecule has 2 aromatic carbocycles. The Hall–Kier alpha value is -1.86. The van der Waals surface area contributed by atoms with Gasteiger partial charge >= 0.3 is 0 Å². The van der Waals surface area contributed by atoms with E-state index in [0.29, 0.717) is 48.7 Å². The van der Waals surface area contributed by atoms with E-state index in [1.807, 2.05) is 48.5 Å². The quantitative estimate of drug-likeness (QED) is 0.260. The number of piperidine rings is 1. The third-order valence-electron chi connectivity index (χ3n) is 9.03. The summed E-state index contributed by atoms with van der Waals surface area (Å²) in [6, 6.07) is 15.2. The largest absolute Gasteiger partial charge is 0.330 e. The summed E-state index contributed by atoms with van der Waals surface area (Å²) >= 11 is 12.8. The summed E-state index contributed by atoms with van der Waals surface area (Å²) < 4.78 is 27.9. The van der Waals surface area contributed by atoms with Crippen LogP contribution in [-0.4, -0.2) is 48.4 Å². The predicted octanol–water partition coefficient (Wildman–Crippen LogP) is 7.23. The first kappa shape index (κ1) is 28.7. The number of allylic oxidation sites excluding steroid dienone is 1. The average molecular weight is 590 g/mol. The molecule has 5 nitrogen and oxygen atoms in total. The molecular weight excluding hydrogens is 551 g/mol. The first-order valence-corrected chi connectivity index (χ1v) is 16.3. The van der Waals surface area contributed by atoms with Crippen LogP contribution in [-0.2, 0) is 14.8 Å². The number of benzene rings is 2. The zero-order valence-electron chi connectivity index (χ0n) is 22.7. The molecule has 0 radical (unpaired) electrons. The molecule has 1 aliphatic heterocycles. The maximum atomic E-state index is 14.8. The van der Waals surface area contributed by atoms with E-state index in [0.717, 1.165) is 24.0 Å². The van der Waals surface area contributed by atoms with Crippen LogP contribution in [0.15, 0.2) is 61.2 Å². The molecule has 8 heteroatoms. The lowest BCUT2D eigenvalue weighted by Gasteiger charge is -2.53. The third kappa shape index (κ3) is 5.68. The normalized spacial score (nSPS) is 26.6. The van der Waals surface area contributed by atoms with Gasteiger partial charge in [0.2, 0.25) is 15.9 Å². The number of halogens is 2. The van der Waals surface area contributed by atoms with Gasteiger partial charge in [-0.2, -0.15) is 0 Å². The summed E-state index contributed by atoms with van der Waals surface area (Å²) in [5, 5.41) is 1.00. The van der Waals surface area contributed by atoms with Crippen molar-refractivity contribution >= 4 is 39.1 Å². The van der Waals surface area contributed by atoms with Crippen molar-refractivity contribution in [2.24, 2.45) is 11.3 Å². The van der Waals surface area contributed by atoms with E-state index >= 15 is 0 Å². The number of sulfonamides is 1. The lowest BCUT2D eigenvalue weighted by atomic mass is 9.64. The SMILES string of the molecule is C=CC[C@@]1(CC)C[C@H](c2cccc(Cl)c2)[C@@H](c2ccc(Cl)cc2)N([C@@H](CN(C)S(=O)(=O)C2CC2)C2CC2)C1=O. The summed E-state index contributed by atoms with van der Waals surface area (Å²) in [6.45, 7) is 6.39. The van der Waals surface area contributed by atoms with E-state index < -0.39 is 15.4 Å². The van der Waals surface area contributed by atoms with Gasteiger partial charge in [0.25, 0.3) is 0 Å². The Morgan fingerprint density at radius 3 is 2.33 bits per heavy atom. The van der Waals surface area contributed by atoms with E-state index in [-0.39, 0.29) is 35.1 Å². The number of nitrogens with zero attached hydrogens (tertiary/aromatic N) is 2. The van der Waals surface area contributed by atoms with Crippen LogP contribution in [0.25, 0.3) is 0 Å². The van der Waals surface area contributed by atoms with Crippen LogP contribution in [0.5, 0.6) is 0 Å². The lowest BCUT2D eigenvalue weighted by Crippen LogP contribution is -2.59. The van der Waals surface area contributed by atoms with Crippen LogP contribution in [0.4, 0.5) is 0 Å². The van der Waals surface area contributed by atoms with Gasteiger partial charge in [-0.25, -0.2) is 12.7 Å². The van der Waals surface area contributed by atoms with Crippen LogP contribution < -0.4 is 0 Å². The summed E-state index contributed by atoms with van der Waals surface area (Å²) in [5.41, 5.74) is 1.45. The smallest absolute Gasteiger partial charge is 0.229 e. The maximum Gasteiger partial charge on any atom is 0.229 e. The van der Waals surface area contributed by atoms with Gasteiger partial charge in [0, 0.05) is 35.6 Å². The molecule has 2 aromatic rings. The van der Waals surface area contributed by atoms with Gasteiger partial charge in [-0.05, 0) is 86.3 Å². The van der Waals surface area contributed by atoms with Crippen molar-refractivity contribution in [2.45, 2.75) is 75.1 Å².